The van der Waals surface area contributed by atoms with E-state index in [2.05, 4.69) is 41.8 Å². The van der Waals surface area contributed by atoms with Crippen LogP contribution in [0.3, 0.4) is 0 Å². The van der Waals surface area contributed by atoms with Crippen LogP contribution in [0.25, 0.3) is 0 Å². The summed E-state index contributed by atoms with van der Waals surface area (Å²) in [6, 6.07) is 0.424. The lowest BCUT2D eigenvalue weighted by atomic mass is 10.1. The highest BCUT2D eigenvalue weighted by molar-refractivity contribution is 4.99. The second kappa shape index (κ2) is 9.15. The van der Waals surface area contributed by atoms with Crippen molar-refractivity contribution < 1.29 is 0 Å². The van der Waals surface area contributed by atoms with E-state index in [1.807, 2.05) is 6.20 Å². The highest BCUT2D eigenvalue weighted by Gasteiger charge is 2.15. The Morgan fingerprint density at radius 2 is 2.00 bits per heavy atom. The van der Waals surface area contributed by atoms with Gasteiger partial charge in [-0.2, -0.15) is 0 Å². The molecule has 1 heterocycles. The highest BCUT2D eigenvalue weighted by atomic mass is 15.1. The highest BCUT2D eigenvalue weighted by Crippen LogP contribution is 2.19. The molecule has 1 rings (SSSR count). The zero-order chi connectivity index (χ0) is 13.2. The van der Waals surface area contributed by atoms with Crippen molar-refractivity contribution in [2.75, 3.05) is 6.54 Å². The van der Waals surface area contributed by atoms with Crippen LogP contribution in [0.15, 0.2) is 12.4 Å². The quantitative estimate of drug-likeness (QED) is 0.639. The minimum absolute atomic E-state index is 0.424. The zero-order valence-electron chi connectivity index (χ0n) is 12.3. The van der Waals surface area contributed by atoms with Gasteiger partial charge in [-0.25, -0.2) is 4.98 Å². The van der Waals surface area contributed by atoms with Gasteiger partial charge >= 0.3 is 0 Å². The molecule has 0 saturated carbocycles. The van der Waals surface area contributed by atoms with Crippen molar-refractivity contribution in [2.45, 2.75) is 71.9 Å². The van der Waals surface area contributed by atoms with Gasteiger partial charge in [0.2, 0.25) is 0 Å². The minimum Gasteiger partial charge on any atom is -0.334 e. The Kier molecular flexibility index (Phi) is 7.74. The largest absolute Gasteiger partial charge is 0.334 e. The standard InChI is InChI=1S/C15H29N3/c1-4-7-8-9-10-14(16-6-3)15-17-11-13-18(15)12-5-2/h11,13-14,16H,4-10,12H2,1-3H3. The van der Waals surface area contributed by atoms with E-state index in [1.165, 1.54) is 37.9 Å². The average molecular weight is 251 g/mol. The van der Waals surface area contributed by atoms with Crippen LogP contribution in [0.4, 0.5) is 0 Å². The summed E-state index contributed by atoms with van der Waals surface area (Å²) in [6.07, 6.45) is 11.7. The van der Waals surface area contributed by atoms with Gasteiger partial charge in [0.05, 0.1) is 6.04 Å². The van der Waals surface area contributed by atoms with E-state index in [0.717, 1.165) is 19.5 Å². The summed E-state index contributed by atoms with van der Waals surface area (Å²) >= 11 is 0. The van der Waals surface area contributed by atoms with Crippen molar-refractivity contribution in [3.8, 4) is 0 Å². The van der Waals surface area contributed by atoms with Gasteiger partial charge in [-0.3, -0.25) is 0 Å². The lowest BCUT2D eigenvalue weighted by Gasteiger charge is -2.19. The van der Waals surface area contributed by atoms with Gasteiger partial charge in [0.1, 0.15) is 5.82 Å². The first-order chi connectivity index (χ1) is 8.83. The molecule has 1 aromatic heterocycles. The van der Waals surface area contributed by atoms with Crippen LogP contribution in [0, 0.1) is 0 Å². The van der Waals surface area contributed by atoms with Gasteiger partial charge in [-0.1, -0.05) is 46.5 Å². The molecule has 3 nitrogen and oxygen atoms in total. The first-order valence-corrected chi connectivity index (χ1v) is 7.57. The Labute approximate surface area is 112 Å². The smallest absolute Gasteiger partial charge is 0.125 e. The van der Waals surface area contributed by atoms with E-state index in [4.69, 9.17) is 0 Å². The number of aromatic nitrogens is 2. The average Bonchev–Trinajstić information content (AvgIpc) is 2.82. The van der Waals surface area contributed by atoms with Crippen LogP contribution in [0.2, 0.25) is 0 Å². The summed E-state index contributed by atoms with van der Waals surface area (Å²) in [6.45, 7) is 8.73. The van der Waals surface area contributed by atoms with Crippen molar-refractivity contribution in [2.24, 2.45) is 0 Å². The molecule has 0 saturated heterocycles. The summed E-state index contributed by atoms with van der Waals surface area (Å²) < 4.78 is 2.30. The molecule has 0 bridgehead atoms. The van der Waals surface area contributed by atoms with E-state index in [-0.39, 0.29) is 0 Å². The zero-order valence-corrected chi connectivity index (χ0v) is 12.3. The van der Waals surface area contributed by atoms with Gasteiger partial charge in [-0.05, 0) is 19.4 Å². The molecule has 0 radical (unpaired) electrons. The molecule has 0 aliphatic rings. The molecule has 0 amide bonds. The molecule has 0 aliphatic carbocycles. The Balaban J connectivity index is 2.56. The van der Waals surface area contributed by atoms with Crippen LogP contribution in [0.5, 0.6) is 0 Å². The molecule has 104 valence electrons. The Hall–Kier alpha value is -0.830. The second-order valence-corrected chi connectivity index (χ2v) is 4.94. The fourth-order valence-electron chi connectivity index (χ4n) is 2.40. The van der Waals surface area contributed by atoms with Crippen LogP contribution in [-0.4, -0.2) is 16.1 Å². The SMILES string of the molecule is CCCCCCC(NCC)c1nccn1CCC. The van der Waals surface area contributed by atoms with E-state index in [0.29, 0.717) is 6.04 Å². The predicted octanol–water partition coefficient (Wildman–Crippen LogP) is 3.91. The maximum absolute atomic E-state index is 4.55. The number of hydrogen-bond acceptors (Lipinski definition) is 2. The number of unbranched alkanes of at least 4 members (excludes halogenated alkanes) is 3. The van der Waals surface area contributed by atoms with Gasteiger partial charge in [0, 0.05) is 18.9 Å². The lowest BCUT2D eigenvalue weighted by molar-refractivity contribution is 0.442. The molecule has 1 unspecified atom stereocenters. The summed E-state index contributed by atoms with van der Waals surface area (Å²) in [5, 5.41) is 3.58. The lowest BCUT2D eigenvalue weighted by Crippen LogP contribution is -2.24. The van der Waals surface area contributed by atoms with Gasteiger partial charge in [0.25, 0.3) is 0 Å². The maximum atomic E-state index is 4.55. The number of imidazole rings is 1. The summed E-state index contributed by atoms with van der Waals surface area (Å²) in [7, 11) is 0. The monoisotopic (exact) mass is 251 g/mol. The molecule has 0 spiro atoms. The summed E-state index contributed by atoms with van der Waals surface area (Å²) in [5.74, 6) is 1.22. The fourth-order valence-corrected chi connectivity index (χ4v) is 2.40. The molecule has 18 heavy (non-hydrogen) atoms. The molecule has 0 aliphatic heterocycles. The number of nitrogens with one attached hydrogen (secondary N) is 1. The first kappa shape index (κ1) is 15.2. The second-order valence-electron chi connectivity index (χ2n) is 4.94. The van der Waals surface area contributed by atoms with Gasteiger partial charge < -0.3 is 9.88 Å². The van der Waals surface area contributed by atoms with Crippen molar-refractivity contribution in [1.29, 1.82) is 0 Å². The first-order valence-electron chi connectivity index (χ1n) is 7.57. The topological polar surface area (TPSA) is 29.9 Å². The molecule has 1 atom stereocenters. The van der Waals surface area contributed by atoms with E-state index in [9.17, 15) is 0 Å². The molecular weight excluding hydrogens is 222 g/mol. The maximum Gasteiger partial charge on any atom is 0.125 e. The van der Waals surface area contributed by atoms with Crippen molar-refractivity contribution >= 4 is 0 Å². The third-order valence-electron chi connectivity index (χ3n) is 3.32. The van der Waals surface area contributed by atoms with Crippen LogP contribution in [0.1, 0.15) is 71.2 Å². The summed E-state index contributed by atoms with van der Waals surface area (Å²) in [4.78, 5) is 4.55. The molecule has 1 aromatic rings. The van der Waals surface area contributed by atoms with E-state index >= 15 is 0 Å². The third-order valence-corrected chi connectivity index (χ3v) is 3.32. The number of rotatable bonds is 10. The number of hydrogen-bond donors (Lipinski definition) is 1. The minimum atomic E-state index is 0.424. The van der Waals surface area contributed by atoms with Crippen molar-refractivity contribution in [3.05, 3.63) is 18.2 Å². The Bertz CT molecular complexity index is 306. The van der Waals surface area contributed by atoms with E-state index < -0.39 is 0 Å². The summed E-state index contributed by atoms with van der Waals surface area (Å²) in [5.41, 5.74) is 0. The predicted molar refractivity (Wildman–Crippen MR) is 77.7 cm³/mol. The Morgan fingerprint density at radius 1 is 1.17 bits per heavy atom. The molecule has 0 aromatic carbocycles. The molecule has 1 N–H and O–H groups in total. The third kappa shape index (κ3) is 4.81. The number of aryl methyl sites for hydroxylation is 1. The number of nitrogens with zero attached hydrogens (tertiary/aromatic N) is 2. The van der Waals surface area contributed by atoms with Crippen LogP contribution < -0.4 is 5.32 Å². The van der Waals surface area contributed by atoms with Crippen molar-refractivity contribution in [3.63, 3.8) is 0 Å². The fraction of sp³-hybridized carbons (Fsp3) is 0.800. The molecule has 3 heteroatoms. The van der Waals surface area contributed by atoms with Gasteiger partial charge in [0.15, 0.2) is 0 Å². The van der Waals surface area contributed by atoms with Crippen molar-refractivity contribution in [1.82, 2.24) is 14.9 Å². The van der Waals surface area contributed by atoms with Gasteiger partial charge in [-0.15, -0.1) is 0 Å². The molecule has 0 fully saturated rings. The normalized spacial score (nSPS) is 12.8. The Morgan fingerprint density at radius 3 is 2.67 bits per heavy atom. The van der Waals surface area contributed by atoms with E-state index in [1.54, 1.807) is 0 Å². The van der Waals surface area contributed by atoms with Crippen LogP contribution in [-0.2, 0) is 6.54 Å². The molecular formula is C15H29N3. The van der Waals surface area contributed by atoms with Crippen LogP contribution >= 0.6 is 0 Å².